The minimum absolute atomic E-state index is 0.0960. The topological polar surface area (TPSA) is 207 Å². The number of guanidine groups is 2. The molecule has 0 bridgehead atoms. The van der Waals surface area contributed by atoms with Crippen molar-refractivity contribution in [2.75, 3.05) is 19.7 Å². The van der Waals surface area contributed by atoms with E-state index in [1.165, 1.54) is 18.6 Å². The number of benzene rings is 1. The fourth-order valence-corrected chi connectivity index (χ4v) is 6.20. The lowest BCUT2D eigenvalue weighted by molar-refractivity contribution is -0.513. The SMILES string of the molecule is CC1(C)CCOc2c(C(=O)NC3CN4C(N)=N[C@@H](CNC(=O)c5ccncn5)[C@@H]5[NH+]=C(N)N[C@@]54[C@@H]3O)cccc21. The summed E-state index contributed by atoms with van der Waals surface area (Å²) >= 11 is 0. The Hall–Kier alpha value is -4.46. The maximum absolute atomic E-state index is 13.5. The Morgan fingerprint density at radius 3 is 2.88 bits per heavy atom. The van der Waals surface area contributed by atoms with Gasteiger partial charge in [0.2, 0.25) is 5.66 Å². The number of fused-ring (bicyclic) bond motifs is 1. The van der Waals surface area contributed by atoms with Gasteiger partial charge in [0.25, 0.3) is 11.8 Å². The molecule has 4 aliphatic rings. The quantitative estimate of drug-likeness (QED) is 0.196. The Labute approximate surface area is 230 Å². The number of carbonyl (C=O) groups excluding carboxylic acids is 2. The standard InChI is InChI=1S/C26H32N10O4/c1-25(2)7-9-40-18-13(4-3-5-14(18)25)21(38)32-17-11-36-24(28)33-16(10-30-22(39)15-6-8-29-12-31-15)19-26(36,20(17)37)35-23(27)34-19/h3-6,8,12,16-17,19-20,37H,7,9-11H2,1-2H3,(H2,28,33)(H,30,39)(H,32,38)(H3,27,34,35)/p+1/t16-,17?,19-,20+,26-/m0/s1. The molecule has 1 spiro atoms. The first kappa shape index (κ1) is 25.8. The van der Waals surface area contributed by atoms with E-state index in [-0.39, 0.29) is 42.0 Å². The number of para-hydroxylation sites is 1. The zero-order valence-corrected chi connectivity index (χ0v) is 22.2. The molecule has 2 aromatic rings. The van der Waals surface area contributed by atoms with E-state index in [1.54, 1.807) is 11.0 Å². The molecule has 6 rings (SSSR count). The summed E-state index contributed by atoms with van der Waals surface area (Å²) in [4.78, 5) is 43.4. The molecule has 14 nitrogen and oxygen atoms in total. The summed E-state index contributed by atoms with van der Waals surface area (Å²) < 4.78 is 5.93. The number of nitrogens with zero attached hydrogens (tertiary/aromatic N) is 4. The first-order chi connectivity index (χ1) is 19.1. The minimum Gasteiger partial charge on any atom is -0.492 e. The Balaban J connectivity index is 1.23. The molecule has 4 aliphatic heterocycles. The Kier molecular flexibility index (Phi) is 6.02. The lowest BCUT2D eigenvalue weighted by Crippen LogP contribution is -2.88. The van der Waals surface area contributed by atoms with E-state index in [2.05, 4.69) is 49.8 Å². The summed E-state index contributed by atoms with van der Waals surface area (Å²) in [6, 6.07) is 5.17. The highest BCUT2D eigenvalue weighted by atomic mass is 16.5. The van der Waals surface area contributed by atoms with Crippen LogP contribution in [0.2, 0.25) is 0 Å². The third-order valence-electron chi connectivity index (χ3n) is 8.30. The van der Waals surface area contributed by atoms with Gasteiger partial charge in [0, 0.05) is 24.8 Å². The minimum atomic E-state index is -1.20. The third kappa shape index (κ3) is 3.97. The second-order valence-electron chi connectivity index (χ2n) is 11.1. The second-order valence-corrected chi connectivity index (χ2v) is 11.1. The number of aliphatic hydroxyl groups is 1. The van der Waals surface area contributed by atoms with E-state index >= 15 is 0 Å². The molecule has 0 radical (unpaired) electrons. The van der Waals surface area contributed by atoms with Crippen LogP contribution < -0.4 is 37.1 Å². The Morgan fingerprint density at radius 1 is 1.27 bits per heavy atom. The van der Waals surface area contributed by atoms with Crippen LogP contribution in [0.4, 0.5) is 0 Å². The predicted molar refractivity (Wildman–Crippen MR) is 143 cm³/mol. The maximum Gasteiger partial charge on any atom is 0.343 e. The summed E-state index contributed by atoms with van der Waals surface area (Å²) in [5.74, 6) is 0.185. The second kappa shape index (κ2) is 9.33. The van der Waals surface area contributed by atoms with Crippen LogP contribution in [0.5, 0.6) is 5.75 Å². The summed E-state index contributed by atoms with van der Waals surface area (Å²) in [7, 11) is 0. The number of nitrogens with two attached hydrogens (primary N) is 2. The molecule has 9 N–H and O–H groups in total. The molecule has 40 heavy (non-hydrogen) atoms. The maximum atomic E-state index is 13.5. The van der Waals surface area contributed by atoms with Gasteiger partial charge in [-0.1, -0.05) is 26.0 Å². The number of aliphatic hydroxyl groups excluding tert-OH is 1. The lowest BCUT2D eigenvalue weighted by atomic mass is 9.79. The average Bonchev–Trinajstić information content (AvgIpc) is 3.43. The number of rotatable bonds is 5. The van der Waals surface area contributed by atoms with E-state index in [0.717, 1.165) is 12.0 Å². The van der Waals surface area contributed by atoms with Crippen LogP contribution in [0, 0.1) is 0 Å². The van der Waals surface area contributed by atoms with Crippen LogP contribution in [0.1, 0.15) is 46.7 Å². The van der Waals surface area contributed by atoms with Gasteiger partial charge in [-0.2, -0.15) is 0 Å². The van der Waals surface area contributed by atoms with E-state index in [9.17, 15) is 14.7 Å². The number of amides is 2. The zero-order valence-electron chi connectivity index (χ0n) is 22.2. The van der Waals surface area contributed by atoms with Crippen molar-refractivity contribution in [3.05, 3.63) is 53.6 Å². The molecule has 0 aliphatic carbocycles. The van der Waals surface area contributed by atoms with Gasteiger partial charge in [0.1, 0.15) is 29.9 Å². The van der Waals surface area contributed by atoms with Crippen molar-refractivity contribution in [2.45, 2.75) is 55.6 Å². The van der Waals surface area contributed by atoms with Gasteiger partial charge in [0.15, 0.2) is 12.0 Å². The van der Waals surface area contributed by atoms with Gasteiger partial charge in [-0.25, -0.2) is 20.3 Å². The van der Waals surface area contributed by atoms with Gasteiger partial charge in [0.05, 0.1) is 18.2 Å². The Bertz CT molecular complexity index is 1410. The fourth-order valence-electron chi connectivity index (χ4n) is 6.20. The molecule has 1 aromatic carbocycles. The largest absolute Gasteiger partial charge is 0.492 e. The number of carbonyl (C=O) groups is 2. The molecule has 14 heteroatoms. The molecule has 5 atom stereocenters. The number of hydrogen-bond acceptors (Lipinski definition) is 11. The number of aliphatic imine (C=N–C) groups is 1. The number of hydrogen-bond donors (Lipinski definition) is 7. The van der Waals surface area contributed by atoms with Crippen LogP contribution in [0.3, 0.4) is 0 Å². The molecule has 1 unspecified atom stereocenters. The lowest BCUT2D eigenvalue weighted by Gasteiger charge is -2.43. The highest BCUT2D eigenvalue weighted by Gasteiger charge is 2.68. The van der Waals surface area contributed by atoms with Crippen LogP contribution in [0.25, 0.3) is 0 Å². The van der Waals surface area contributed by atoms with Gasteiger partial charge in [-0.15, -0.1) is 0 Å². The molecule has 1 saturated heterocycles. The number of nitrogens with one attached hydrogen (secondary N) is 4. The van der Waals surface area contributed by atoms with Gasteiger partial charge < -0.3 is 31.1 Å². The number of ether oxygens (including phenoxy) is 1. The third-order valence-corrected chi connectivity index (χ3v) is 8.30. The first-order valence-electron chi connectivity index (χ1n) is 13.2. The van der Waals surface area contributed by atoms with Crippen LogP contribution in [0.15, 0.2) is 41.8 Å². The van der Waals surface area contributed by atoms with Gasteiger partial charge in [-0.05, 0) is 24.0 Å². The van der Waals surface area contributed by atoms with Crippen LogP contribution in [-0.2, 0) is 5.41 Å². The molecular formula is C26H33N10O4+. The summed E-state index contributed by atoms with van der Waals surface area (Å²) in [5, 5.41) is 20.7. The first-order valence-corrected chi connectivity index (χ1v) is 13.2. The Morgan fingerprint density at radius 2 is 2.10 bits per heavy atom. The fraction of sp³-hybridized carbons (Fsp3) is 0.462. The summed E-state index contributed by atoms with van der Waals surface area (Å²) in [6.07, 6.45) is 2.48. The van der Waals surface area contributed by atoms with E-state index < -0.39 is 35.8 Å². The molecule has 5 heterocycles. The average molecular weight is 550 g/mol. The molecule has 0 saturated carbocycles. The molecule has 1 aromatic heterocycles. The predicted octanol–water partition coefficient (Wildman–Crippen LogP) is -3.50. The van der Waals surface area contributed by atoms with Gasteiger partial charge >= 0.3 is 5.96 Å². The summed E-state index contributed by atoms with van der Waals surface area (Å²) in [5.41, 5.74) is 12.8. The molecule has 2 amide bonds. The highest BCUT2D eigenvalue weighted by molar-refractivity contribution is 5.98. The van der Waals surface area contributed by atoms with Crippen molar-refractivity contribution >= 4 is 23.7 Å². The van der Waals surface area contributed by atoms with Crippen LogP contribution in [-0.4, -0.2) is 93.3 Å². The molecule has 210 valence electrons. The van der Waals surface area contributed by atoms with Crippen molar-refractivity contribution in [3.63, 3.8) is 0 Å². The molecular weight excluding hydrogens is 516 g/mol. The number of aromatic nitrogens is 2. The van der Waals surface area contributed by atoms with E-state index in [0.29, 0.717) is 17.9 Å². The smallest absolute Gasteiger partial charge is 0.343 e. The monoisotopic (exact) mass is 549 g/mol. The van der Waals surface area contributed by atoms with Crippen LogP contribution >= 0.6 is 0 Å². The summed E-state index contributed by atoms with van der Waals surface area (Å²) in [6.45, 7) is 5.05. The van der Waals surface area contributed by atoms with Crippen molar-refractivity contribution in [2.24, 2.45) is 16.5 Å². The van der Waals surface area contributed by atoms with Crippen molar-refractivity contribution in [3.8, 4) is 5.75 Å². The molecule has 1 fully saturated rings. The normalized spacial score (nSPS) is 29.5. The highest BCUT2D eigenvalue weighted by Crippen LogP contribution is 2.41. The van der Waals surface area contributed by atoms with E-state index in [1.807, 2.05) is 12.1 Å². The van der Waals surface area contributed by atoms with Gasteiger partial charge in [-0.3, -0.25) is 20.3 Å². The zero-order chi connectivity index (χ0) is 28.2. The van der Waals surface area contributed by atoms with Crippen molar-refractivity contribution in [1.29, 1.82) is 0 Å². The van der Waals surface area contributed by atoms with E-state index in [4.69, 9.17) is 16.2 Å². The van der Waals surface area contributed by atoms with Crippen molar-refractivity contribution < 1.29 is 24.4 Å². The van der Waals surface area contributed by atoms with Crippen molar-refractivity contribution in [1.82, 2.24) is 30.8 Å².